The van der Waals surface area contributed by atoms with E-state index in [1.54, 1.807) is 61.2 Å². The number of carbonyl (C=O) groups excluding carboxylic acids is 1. The van der Waals surface area contributed by atoms with Gasteiger partial charge in [-0.05, 0) is 47.0 Å². The standard InChI is InChI=1S/C28H24ClN5O4S/c1-39(37,38)25-12-18(5-6-21(25)17-34-9-3-2-4-26(34)35)10-22-13-20(7-8-30-22)28(36)33-15-19-11-23-24(29)16-32-27(23)31-14-19/h2-9,11-14,16H,10,15,17H2,1H3,(H,31,32)(H,33,36). The lowest BCUT2D eigenvalue weighted by molar-refractivity contribution is 0.0950. The van der Waals surface area contributed by atoms with E-state index in [9.17, 15) is 18.0 Å². The highest BCUT2D eigenvalue weighted by Gasteiger charge is 2.16. The minimum Gasteiger partial charge on any atom is -0.348 e. The summed E-state index contributed by atoms with van der Waals surface area (Å²) in [7, 11) is -3.56. The van der Waals surface area contributed by atoms with Crippen molar-refractivity contribution < 1.29 is 13.2 Å². The number of H-pyrrole nitrogens is 1. The van der Waals surface area contributed by atoms with Gasteiger partial charge in [-0.15, -0.1) is 0 Å². The highest BCUT2D eigenvalue weighted by atomic mass is 35.5. The average Bonchev–Trinajstić information content (AvgIpc) is 3.29. The topological polar surface area (TPSA) is 127 Å². The fourth-order valence-corrected chi connectivity index (χ4v) is 5.45. The predicted octanol–water partition coefficient (Wildman–Crippen LogP) is 3.75. The first-order chi connectivity index (χ1) is 18.7. The molecule has 0 aliphatic rings. The van der Waals surface area contributed by atoms with E-state index in [4.69, 9.17) is 11.6 Å². The minimum atomic E-state index is -3.56. The second kappa shape index (κ2) is 10.8. The average molecular weight is 562 g/mol. The summed E-state index contributed by atoms with van der Waals surface area (Å²) in [5, 5.41) is 4.22. The van der Waals surface area contributed by atoms with Crippen LogP contribution in [0, 0.1) is 0 Å². The van der Waals surface area contributed by atoms with E-state index in [1.807, 2.05) is 12.1 Å². The molecule has 0 saturated heterocycles. The Labute approximate surface area is 229 Å². The lowest BCUT2D eigenvalue weighted by atomic mass is 10.1. The van der Waals surface area contributed by atoms with Gasteiger partial charge in [0.05, 0.1) is 16.5 Å². The van der Waals surface area contributed by atoms with Gasteiger partial charge in [-0.2, -0.15) is 0 Å². The summed E-state index contributed by atoms with van der Waals surface area (Å²) >= 11 is 6.16. The molecule has 5 rings (SSSR count). The molecule has 9 nitrogen and oxygen atoms in total. The molecule has 39 heavy (non-hydrogen) atoms. The second-order valence-corrected chi connectivity index (χ2v) is 11.5. The van der Waals surface area contributed by atoms with Gasteiger partial charge in [0.2, 0.25) is 0 Å². The zero-order chi connectivity index (χ0) is 27.6. The van der Waals surface area contributed by atoms with Crippen molar-refractivity contribution in [2.24, 2.45) is 0 Å². The van der Waals surface area contributed by atoms with Crippen molar-refractivity contribution in [3.63, 3.8) is 0 Å². The number of benzene rings is 1. The Morgan fingerprint density at radius 2 is 1.92 bits per heavy atom. The molecule has 0 radical (unpaired) electrons. The molecular formula is C28H24ClN5O4S. The molecule has 0 aliphatic carbocycles. The number of nitrogens with zero attached hydrogens (tertiary/aromatic N) is 3. The molecule has 0 bridgehead atoms. The van der Waals surface area contributed by atoms with Crippen LogP contribution in [-0.2, 0) is 29.3 Å². The number of halogens is 1. The SMILES string of the molecule is CS(=O)(=O)c1cc(Cc2cc(C(=O)NCc3cnc4[nH]cc(Cl)c4c3)ccn2)ccc1Cn1ccccc1=O. The van der Waals surface area contributed by atoms with E-state index >= 15 is 0 Å². The summed E-state index contributed by atoms with van der Waals surface area (Å²) in [4.78, 5) is 36.8. The number of carbonyl (C=O) groups is 1. The third kappa shape index (κ3) is 6.08. The molecular weight excluding hydrogens is 538 g/mol. The Hall–Kier alpha value is -4.28. The Morgan fingerprint density at radius 1 is 1.08 bits per heavy atom. The van der Waals surface area contributed by atoms with Crippen molar-refractivity contribution >= 4 is 38.4 Å². The van der Waals surface area contributed by atoms with Crippen molar-refractivity contribution in [3.8, 4) is 0 Å². The van der Waals surface area contributed by atoms with E-state index < -0.39 is 9.84 Å². The monoisotopic (exact) mass is 561 g/mol. The highest BCUT2D eigenvalue weighted by Crippen LogP contribution is 2.23. The predicted molar refractivity (Wildman–Crippen MR) is 149 cm³/mol. The van der Waals surface area contributed by atoms with Crippen molar-refractivity contribution in [3.05, 3.63) is 123 Å². The van der Waals surface area contributed by atoms with Crippen molar-refractivity contribution in [2.45, 2.75) is 24.4 Å². The summed E-state index contributed by atoms with van der Waals surface area (Å²) in [6, 6.07) is 15.1. The van der Waals surface area contributed by atoms with Crippen LogP contribution in [0.5, 0.6) is 0 Å². The number of rotatable bonds is 8. The molecule has 11 heteroatoms. The fourth-order valence-electron chi connectivity index (χ4n) is 4.28. The maximum Gasteiger partial charge on any atom is 0.251 e. The largest absolute Gasteiger partial charge is 0.348 e. The summed E-state index contributed by atoms with van der Waals surface area (Å²) in [5.74, 6) is -0.278. The van der Waals surface area contributed by atoms with Gasteiger partial charge in [0, 0.05) is 66.7 Å². The number of aromatic nitrogens is 4. The van der Waals surface area contributed by atoms with Crippen LogP contribution in [0.2, 0.25) is 5.02 Å². The molecule has 4 aromatic heterocycles. The minimum absolute atomic E-state index is 0.134. The third-order valence-electron chi connectivity index (χ3n) is 6.23. The quantitative estimate of drug-likeness (QED) is 0.297. The van der Waals surface area contributed by atoms with Gasteiger partial charge in [-0.1, -0.05) is 29.8 Å². The third-order valence-corrected chi connectivity index (χ3v) is 7.72. The zero-order valence-electron chi connectivity index (χ0n) is 20.9. The van der Waals surface area contributed by atoms with Crippen LogP contribution >= 0.6 is 11.6 Å². The van der Waals surface area contributed by atoms with E-state index in [0.717, 1.165) is 17.2 Å². The van der Waals surface area contributed by atoms with Crippen LogP contribution in [0.15, 0.2) is 89.1 Å². The number of sulfone groups is 1. The Balaban J connectivity index is 1.32. The molecule has 0 spiro atoms. The van der Waals surface area contributed by atoms with Crippen molar-refractivity contribution in [1.82, 2.24) is 24.8 Å². The molecule has 0 saturated carbocycles. The van der Waals surface area contributed by atoms with Gasteiger partial charge in [-0.25, -0.2) is 13.4 Å². The Morgan fingerprint density at radius 3 is 2.72 bits per heavy atom. The second-order valence-electron chi connectivity index (χ2n) is 9.15. The lowest BCUT2D eigenvalue weighted by Crippen LogP contribution is -2.23. The Bertz CT molecular complexity index is 1860. The molecule has 1 amide bonds. The fraction of sp³-hybridized carbons (Fsp3) is 0.143. The maximum absolute atomic E-state index is 12.8. The van der Waals surface area contributed by atoms with Gasteiger partial charge >= 0.3 is 0 Å². The van der Waals surface area contributed by atoms with Crippen molar-refractivity contribution in [2.75, 3.05) is 6.26 Å². The summed E-state index contributed by atoms with van der Waals surface area (Å²) < 4.78 is 26.6. The number of fused-ring (bicyclic) bond motifs is 1. The number of pyridine rings is 3. The van der Waals surface area contributed by atoms with E-state index in [1.165, 1.54) is 10.6 Å². The summed E-state index contributed by atoms with van der Waals surface area (Å²) in [6.45, 7) is 0.402. The normalized spacial score (nSPS) is 11.5. The molecule has 5 aromatic rings. The van der Waals surface area contributed by atoms with Crippen LogP contribution in [0.4, 0.5) is 0 Å². The molecule has 0 atom stereocenters. The van der Waals surface area contributed by atoms with Gasteiger partial charge < -0.3 is 14.9 Å². The maximum atomic E-state index is 12.8. The number of nitrogens with one attached hydrogen (secondary N) is 2. The van der Waals surface area contributed by atoms with Gasteiger partial charge in [0.25, 0.3) is 11.5 Å². The van der Waals surface area contributed by atoms with E-state index in [0.29, 0.717) is 39.5 Å². The number of hydrogen-bond donors (Lipinski definition) is 2. The molecule has 198 valence electrons. The van der Waals surface area contributed by atoms with Crippen molar-refractivity contribution in [1.29, 1.82) is 0 Å². The van der Waals surface area contributed by atoms with Crippen LogP contribution in [-0.4, -0.2) is 40.1 Å². The van der Waals surface area contributed by atoms with Gasteiger partial charge in [0.15, 0.2) is 9.84 Å². The first kappa shape index (κ1) is 26.3. The first-order valence-electron chi connectivity index (χ1n) is 12.0. The van der Waals surface area contributed by atoms with Crippen LogP contribution < -0.4 is 10.9 Å². The molecule has 0 unspecified atom stereocenters. The summed E-state index contributed by atoms with van der Waals surface area (Å²) in [5.41, 5.74) is 3.53. The molecule has 0 aliphatic heterocycles. The molecule has 1 aromatic carbocycles. The molecule has 0 fully saturated rings. The van der Waals surface area contributed by atoms with E-state index in [2.05, 4.69) is 20.3 Å². The van der Waals surface area contributed by atoms with Crippen LogP contribution in [0.3, 0.4) is 0 Å². The van der Waals surface area contributed by atoms with E-state index in [-0.39, 0.29) is 29.5 Å². The lowest BCUT2D eigenvalue weighted by Gasteiger charge is -2.12. The van der Waals surface area contributed by atoms with Crippen LogP contribution in [0.1, 0.15) is 32.7 Å². The Kier molecular flexibility index (Phi) is 7.32. The van der Waals surface area contributed by atoms with Crippen LogP contribution in [0.25, 0.3) is 11.0 Å². The smallest absolute Gasteiger partial charge is 0.251 e. The molecule has 2 N–H and O–H groups in total. The number of hydrogen-bond acceptors (Lipinski definition) is 6. The number of aromatic amines is 1. The first-order valence-corrected chi connectivity index (χ1v) is 14.3. The van der Waals surface area contributed by atoms with Gasteiger partial charge in [0.1, 0.15) is 5.65 Å². The summed E-state index contributed by atoms with van der Waals surface area (Å²) in [6.07, 6.45) is 7.96. The molecule has 4 heterocycles. The number of amides is 1. The highest BCUT2D eigenvalue weighted by molar-refractivity contribution is 7.90. The zero-order valence-corrected chi connectivity index (χ0v) is 22.5. The van der Waals surface area contributed by atoms with Gasteiger partial charge in [-0.3, -0.25) is 14.6 Å².